The predicted octanol–water partition coefficient (Wildman–Crippen LogP) is 3.48. The quantitative estimate of drug-likeness (QED) is 0.669. The van der Waals surface area contributed by atoms with E-state index in [0.717, 1.165) is 19.0 Å². The van der Waals surface area contributed by atoms with E-state index < -0.39 is 23.3 Å². The van der Waals surface area contributed by atoms with Gasteiger partial charge in [-0.15, -0.1) is 0 Å². The van der Waals surface area contributed by atoms with Crippen molar-refractivity contribution in [2.75, 3.05) is 6.54 Å². The summed E-state index contributed by atoms with van der Waals surface area (Å²) in [5, 5.41) is 18.8. The molecule has 2 heterocycles. The second-order valence-electron chi connectivity index (χ2n) is 8.93. The van der Waals surface area contributed by atoms with Crippen LogP contribution in [0.1, 0.15) is 65.6 Å². The van der Waals surface area contributed by atoms with Crippen LogP contribution in [0.4, 0.5) is 0 Å². The van der Waals surface area contributed by atoms with Crippen molar-refractivity contribution in [2.45, 2.75) is 51.7 Å². The van der Waals surface area contributed by atoms with Crippen molar-refractivity contribution in [3.8, 4) is 5.75 Å². The molecule has 0 saturated heterocycles. The van der Waals surface area contributed by atoms with Crippen molar-refractivity contribution < 1.29 is 9.90 Å². The minimum Gasteiger partial charge on any atom is -0.502 e. The summed E-state index contributed by atoms with van der Waals surface area (Å²) in [4.78, 5) is 25.7. The van der Waals surface area contributed by atoms with Crippen LogP contribution < -0.4 is 5.43 Å². The van der Waals surface area contributed by atoms with E-state index in [0.29, 0.717) is 6.54 Å². The molecule has 1 aliphatic carbocycles. The maximum atomic E-state index is 13.4. The number of carbonyl (C=O) groups excluding carboxylic acids is 1. The standard InChI is InChI=1S/C26H28N4O3/c1-4-28-26(33)23-24(32)21(31)15-27-29(23)25(30(28)16(2)3)22-19-11-7-5-9-17(19)13-14-18-10-6-8-12-20(18)22/h5-12,15-16,22,25,32H,4,13-14H2,1-3H3/t25-/m1/s1. The normalized spacial score (nSPS) is 18.6. The van der Waals surface area contributed by atoms with Crippen LogP contribution in [0.3, 0.4) is 0 Å². The van der Waals surface area contributed by atoms with E-state index in [-0.39, 0.29) is 17.7 Å². The van der Waals surface area contributed by atoms with E-state index in [1.54, 1.807) is 9.69 Å². The molecule has 0 unspecified atom stereocenters. The Bertz CT molecular complexity index is 1240. The van der Waals surface area contributed by atoms with Crippen LogP contribution in [-0.4, -0.2) is 43.4 Å². The number of aryl methyl sites for hydroxylation is 2. The summed E-state index contributed by atoms with van der Waals surface area (Å²) in [5.41, 5.74) is 4.17. The van der Waals surface area contributed by atoms with Crippen LogP contribution >= 0.6 is 0 Å². The molecule has 2 aromatic carbocycles. The number of amides is 1. The Balaban J connectivity index is 1.86. The highest BCUT2D eigenvalue weighted by molar-refractivity contribution is 5.95. The van der Waals surface area contributed by atoms with Gasteiger partial charge in [0.2, 0.25) is 5.43 Å². The number of aromatic hydroxyl groups is 1. The summed E-state index contributed by atoms with van der Waals surface area (Å²) < 4.78 is 1.56. The van der Waals surface area contributed by atoms with Crippen LogP contribution in [0, 0.1) is 0 Å². The van der Waals surface area contributed by atoms with Crippen LogP contribution in [0.25, 0.3) is 0 Å². The third-order valence-corrected chi connectivity index (χ3v) is 6.79. The largest absolute Gasteiger partial charge is 0.502 e. The summed E-state index contributed by atoms with van der Waals surface area (Å²) in [6.45, 7) is 6.40. The van der Waals surface area contributed by atoms with Crippen molar-refractivity contribution in [2.24, 2.45) is 0 Å². The Morgan fingerprint density at radius 3 is 2.12 bits per heavy atom. The van der Waals surface area contributed by atoms with Gasteiger partial charge >= 0.3 is 0 Å². The SMILES string of the molecule is CCN1C(=O)c2c(O)c(=O)cnn2[C@@H](C2c3ccccc3CCc3ccccc32)N1C(C)C. The summed E-state index contributed by atoms with van der Waals surface area (Å²) in [5.74, 6) is -1.12. The Hall–Kier alpha value is -3.45. The minimum absolute atomic E-state index is 0.0296. The first-order valence-corrected chi connectivity index (χ1v) is 11.5. The third-order valence-electron chi connectivity index (χ3n) is 6.79. The van der Waals surface area contributed by atoms with Gasteiger partial charge in [-0.05, 0) is 55.9 Å². The van der Waals surface area contributed by atoms with Crippen molar-refractivity contribution in [1.29, 1.82) is 0 Å². The fraction of sp³-hybridized carbons (Fsp3) is 0.346. The molecule has 1 aromatic heterocycles. The predicted molar refractivity (Wildman–Crippen MR) is 125 cm³/mol. The molecule has 0 spiro atoms. The van der Waals surface area contributed by atoms with Crippen LogP contribution in [0.15, 0.2) is 59.5 Å². The summed E-state index contributed by atoms with van der Waals surface area (Å²) in [6, 6.07) is 16.8. The Labute approximate surface area is 192 Å². The first kappa shape index (κ1) is 21.4. The molecule has 0 saturated carbocycles. The summed E-state index contributed by atoms with van der Waals surface area (Å²) in [6.07, 6.45) is 2.51. The van der Waals surface area contributed by atoms with E-state index in [1.807, 2.05) is 32.9 Å². The van der Waals surface area contributed by atoms with Crippen molar-refractivity contribution >= 4 is 5.91 Å². The molecule has 5 rings (SSSR count). The molecule has 7 nitrogen and oxygen atoms in total. The first-order chi connectivity index (χ1) is 15.9. The maximum absolute atomic E-state index is 13.4. The van der Waals surface area contributed by atoms with E-state index in [2.05, 4.69) is 46.5 Å². The fourth-order valence-corrected chi connectivity index (χ4v) is 5.41. The summed E-state index contributed by atoms with van der Waals surface area (Å²) >= 11 is 0. The second-order valence-corrected chi connectivity index (χ2v) is 8.93. The van der Waals surface area contributed by atoms with Gasteiger partial charge in [0, 0.05) is 18.5 Å². The molecular weight excluding hydrogens is 416 g/mol. The number of carbonyl (C=O) groups is 1. The molecule has 1 aliphatic heterocycles. The zero-order valence-corrected chi connectivity index (χ0v) is 19.1. The zero-order valence-electron chi connectivity index (χ0n) is 19.1. The highest BCUT2D eigenvalue weighted by atomic mass is 16.3. The minimum atomic E-state index is -0.649. The van der Waals surface area contributed by atoms with Gasteiger partial charge in [0.15, 0.2) is 11.4 Å². The highest BCUT2D eigenvalue weighted by Gasteiger charge is 2.46. The molecule has 0 radical (unpaired) electrons. The average Bonchev–Trinajstić information content (AvgIpc) is 2.98. The highest BCUT2D eigenvalue weighted by Crippen LogP contribution is 2.46. The molecule has 3 aromatic rings. The first-order valence-electron chi connectivity index (χ1n) is 11.5. The molecule has 1 amide bonds. The van der Waals surface area contributed by atoms with E-state index >= 15 is 0 Å². The lowest BCUT2D eigenvalue weighted by Crippen LogP contribution is -2.59. The van der Waals surface area contributed by atoms with Crippen molar-refractivity contribution in [3.05, 3.63) is 92.9 Å². The molecule has 7 heteroatoms. The second kappa shape index (κ2) is 8.15. The van der Waals surface area contributed by atoms with Gasteiger partial charge < -0.3 is 5.11 Å². The number of fused-ring (bicyclic) bond motifs is 3. The number of nitrogens with zero attached hydrogens (tertiary/aromatic N) is 4. The lowest BCUT2D eigenvalue weighted by Gasteiger charge is -2.49. The van der Waals surface area contributed by atoms with Crippen LogP contribution in [0.5, 0.6) is 5.75 Å². The van der Waals surface area contributed by atoms with Gasteiger partial charge in [0.05, 0.1) is 6.20 Å². The van der Waals surface area contributed by atoms with Crippen molar-refractivity contribution in [1.82, 2.24) is 19.8 Å². The van der Waals surface area contributed by atoms with Gasteiger partial charge in [-0.25, -0.2) is 4.68 Å². The van der Waals surface area contributed by atoms with Gasteiger partial charge in [-0.2, -0.15) is 10.1 Å². The van der Waals surface area contributed by atoms with E-state index in [4.69, 9.17) is 0 Å². The van der Waals surface area contributed by atoms with E-state index in [9.17, 15) is 14.7 Å². The topological polar surface area (TPSA) is 78.7 Å². The number of hydrazine groups is 1. The van der Waals surface area contributed by atoms with Gasteiger partial charge in [-0.1, -0.05) is 48.5 Å². The maximum Gasteiger partial charge on any atom is 0.290 e. The molecule has 1 N–H and O–H groups in total. The molecule has 33 heavy (non-hydrogen) atoms. The van der Waals surface area contributed by atoms with Crippen LogP contribution in [0.2, 0.25) is 0 Å². The number of hydrogen-bond acceptors (Lipinski definition) is 5. The van der Waals surface area contributed by atoms with Gasteiger partial charge in [0.1, 0.15) is 6.17 Å². The molecule has 1 atom stereocenters. The lowest BCUT2D eigenvalue weighted by atomic mass is 9.84. The van der Waals surface area contributed by atoms with Crippen molar-refractivity contribution in [3.63, 3.8) is 0 Å². The van der Waals surface area contributed by atoms with Gasteiger partial charge in [-0.3, -0.25) is 14.6 Å². The Kier molecular flexibility index (Phi) is 5.29. The Morgan fingerprint density at radius 1 is 1.00 bits per heavy atom. The zero-order chi connectivity index (χ0) is 23.3. The van der Waals surface area contributed by atoms with Gasteiger partial charge in [0.25, 0.3) is 5.91 Å². The number of benzene rings is 2. The summed E-state index contributed by atoms with van der Waals surface area (Å²) in [7, 11) is 0. The molecule has 2 aliphatic rings. The average molecular weight is 445 g/mol. The molecule has 170 valence electrons. The number of rotatable bonds is 3. The molecule has 0 fully saturated rings. The Morgan fingerprint density at radius 2 is 1.58 bits per heavy atom. The lowest BCUT2D eigenvalue weighted by molar-refractivity contribution is -0.105. The molecular formula is C26H28N4O3. The fourth-order valence-electron chi connectivity index (χ4n) is 5.41. The van der Waals surface area contributed by atoms with Crippen LogP contribution in [-0.2, 0) is 12.8 Å². The van der Waals surface area contributed by atoms with E-state index in [1.165, 1.54) is 22.3 Å². The number of hydrogen-bond donors (Lipinski definition) is 1. The smallest absolute Gasteiger partial charge is 0.290 e. The third kappa shape index (κ3) is 3.26. The monoisotopic (exact) mass is 444 g/mol. The molecule has 0 bridgehead atoms. The number of aromatic nitrogens is 2.